The predicted octanol–water partition coefficient (Wildman–Crippen LogP) is -0.537. The maximum absolute atomic E-state index is 15.2. The number of amides is 10. The zero-order valence-electron chi connectivity index (χ0n) is 50.7. The molecule has 15 N–H and O–H groups in total. The van der Waals surface area contributed by atoms with Crippen molar-refractivity contribution >= 4 is 90.5 Å². The van der Waals surface area contributed by atoms with Crippen LogP contribution in [0.15, 0.2) is 67.3 Å². The van der Waals surface area contributed by atoms with Gasteiger partial charge in [-0.15, -0.1) is 0 Å². The van der Waals surface area contributed by atoms with E-state index in [1.165, 1.54) is 40.1 Å². The molecule has 492 valence electrons. The number of aromatic hydroxyl groups is 1. The molecule has 4 rings (SSSR count). The van der Waals surface area contributed by atoms with Crippen molar-refractivity contribution in [2.75, 3.05) is 44.3 Å². The number of ether oxygens (including phenoxy) is 1. The minimum absolute atomic E-state index is 0.0250. The van der Waals surface area contributed by atoms with E-state index in [0.29, 0.717) is 43.2 Å². The van der Waals surface area contributed by atoms with Crippen LogP contribution in [0.5, 0.6) is 5.75 Å². The first kappa shape index (κ1) is 74.0. The molecule has 0 unspecified atom stereocenters. The SMILES string of the molecule is C=CCOC(=O)NCCCC[C@H](NC(=O)[C@H](CCCN)NC(=O)[C@@H](N)CS)C(=O)N[C@@H](Cc1ccc(O)cc1)C(=O)N[C@@H](Cc1ccccc1)C(=O)N1CCC[C@H]1C(=O)N1C[C@H](O)C[C@H]1C(=O)N[C@H](C(=O)N[C@@H](CCC)C(=O)N[C@@H](CS)C(=O)O)[C@@H](C)CC. The molecule has 27 nitrogen and oxygen atoms in total. The zero-order chi connectivity index (χ0) is 65.7. The Balaban J connectivity index is 1.65. The van der Waals surface area contributed by atoms with Crippen molar-refractivity contribution in [1.82, 2.24) is 52.3 Å². The molecular formula is C60H90N12O15S2. The zero-order valence-corrected chi connectivity index (χ0v) is 52.5. The van der Waals surface area contributed by atoms with E-state index in [-0.39, 0.29) is 101 Å². The number of phenolic OH excluding ortho intramolecular Hbond substituents is 1. The summed E-state index contributed by atoms with van der Waals surface area (Å²) in [7, 11) is 0. The highest BCUT2D eigenvalue weighted by Crippen LogP contribution is 2.27. The van der Waals surface area contributed by atoms with E-state index in [9.17, 15) is 63.3 Å². The molecule has 2 saturated heterocycles. The monoisotopic (exact) mass is 1280 g/mol. The normalized spacial score (nSPS) is 18.4. The number of rotatable bonds is 37. The predicted molar refractivity (Wildman–Crippen MR) is 336 cm³/mol. The summed E-state index contributed by atoms with van der Waals surface area (Å²) in [5.74, 6) is -8.95. The Bertz CT molecular complexity index is 2720. The van der Waals surface area contributed by atoms with Crippen LogP contribution in [-0.2, 0) is 65.5 Å². The summed E-state index contributed by atoms with van der Waals surface area (Å²) in [6.45, 7) is 8.76. The van der Waals surface area contributed by atoms with E-state index in [2.05, 4.69) is 74.4 Å². The molecule has 2 aliphatic rings. The van der Waals surface area contributed by atoms with Gasteiger partial charge in [0.25, 0.3) is 0 Å². The van der Waals surface area contributed by atoms with E-state index in [1.54, 1.807) is 51.1 Å². The topological polar surface area (TPSA) is 412 Å². The second-order valence-corrected chi connectivity index (χ2v) is 23.0. The van der Waals surface area contributed by atoms with Crippen molar-refractivity contribution in [3.8, 4) is 5.75 Å². The standard InChI is InChI=1S/C60H90N12O15S2/c1-5-15-41(51(76)69-46(34-89)59(84)85)66-56(81)49(35(4)7-3)70-55(80)48-31-39(74)32-72(48)58(83)47-20-14-27-71(47)57(82)45(30-36-16-9-8-10-17-36)68-54(79)44(29-37-21-23-38(73)24-22-37)67-53(78)42(18-11-12-26-63-60(86)87-28-6-2)65-52(77)43(19-13-25-61)64-50(75)40(62)33-88/h6,8-10,16-17,21-24,35,39-49,73-74,88-89H,2,5,7,11-15,18-20,25-34,61-62H2,1,3-4H3,(H,63,86)(H,64,75)(H,65,77)(H,66,81)(H,67,78)(H,68,79)(H,69,76)(H,70,80)(H,84,85)/t35-,39+,40-,41-,42-,43-,44-,45-,46-,47-,48-,49-/m0/s1. The number of nitrogens with zero attached hydrogens (tertiary/aromatic N) is 2. The minimum Gasteiger partial charge on any atom is -0.508 e. The van der Waals surface area contributed by atoms with Gasteiger partial charge >= 0.3 is 12.1 Å². The number of aliphatic hydroxyl groups excluding tert-OH is 1. The van der Waals surface area contributed by atoms with Gasteiger partial charge in [-0.25, -0.2) is 9.59 Å². The van der Waals surface area contributed by atoms with Crippen LogP contribution in [0.1, 0.15) is 103 Å². The Morgan fingerprint density at radius 2 is 1.26 bits per heavy atom. The third-order valence-electron chi connectivity index (χ3n) is 15.4. The van der Waals surface area contributed by atoms with Gasteiger partial charge in [0, 0.05) is 50.4 Å². The number of benzene rings is 2. The molecule has 2 aromatic carbocycles. The Morgan fingerprint density at radius 3 is 1.85 bits per heavy atom. The molecule has 0 radical (unpaired) electrons. The van der Waals surface area contributed by atoms with Gasteiger partial charge in [-0.05, 0) is 87.1 Å². The number of likely N-dealkylation sites (tertiary alicyclic amines) is 2. The highest BCUT2D eigenvalue weighted by molar-refractivity contribution is 7.80. The molecule has 89 heavy (non-hydrogen) atoms. The fraction of sp³-hybridized carbons (Fsp3) is 0.583. The molecule has 10 amide bonds. The molecular weight excluding hydrogens is 1190 g/mol. The van der Waals surface area contributed by atoms with Crippen molar-refractivity contribution < 1.29 is 72.8 Å². The second-order valence-electron chi connectivity index (χ2n) is 22.2. The first-order valence-corrected chi connectivity index (χ1v) is 31.4. The number of hydrogen-bond acceptors (Lipinski definition) is 18. The largest absolute Gasteiger partial charge is 0.508 e. The Kier molecular flexibility index (Phi) is 31.7. The fourth-order valence-electron chi connectivity index (χ4n) is 10.2. The molecule has 2 aliphatic heterocycles. The van der Waals surface area contributed by atoms with Crippen LogP contribution < -0.4 is 54.0 Å². The van der Waals surface area contributed by atoms with Gasteiger partial charge in [0.15, 0.2) is 0 Å². The van der Waals surface area contributed by atoms with Crippen molar-refractivity contribution in [2.45, 2.75) is 171 Å². The molecule has 2 heterocycles. The quantitative estimate of drug-likeness (QED) is 0.0230. The van der Waals surface area contributed by atoms with Crippen LogP contribution in [0.3, 0.4) is 0 Å². The maximum Gasteiger partial charge on any atom is 0.407 e. The number of carboxylic acid groups (broad SMARTS) is 1. The van der Waals surface area contributed by atoms with Crippen molar-refractivity contribution in [1.29, 1.82) is 0 Å². The molecule has 0 saturated carbocycles. The third-order valence-corrected chi connectivity index (χ3v) is 16.2. The summed E-state index contributed by atoms with van der Waals surface area (Å²) in [6.07, 6.45) is 1.24. The van der Waals surface area contributed by atoms with Crippen LogP contribution in [0.2, 0.25) is 0 Å². The van der Waals surface area contributed by atoms with Crippen molar-refractivity contribution in [3.05, 3.63) is 78.4 Å². The van der Waals surface area contributed by atoms with Crippen LogP contribution >= 0.6 is 25.3 Å². The van der Waals surface area contributed by atoms with Crippen molar-refractivity contribution in [2.24, 2.45) is 17.4 Å². The number of carbonyl (C=O) groups excluding carboxylic acids is 10. The first-order chi connectivity index (χ1) is 42.5. The van der Waals surface area contributed by atoms with E-state index < -0.39 is 138 Å². The number of aliphatic hydroxyl groups is 1. The van der Waals surface area contributed by atoms with E-state index >= 15 is 4.79 Å². The number of thiol groups is 2. The molecule has 29 heteroatoms. The number of hydrogen-bond donors (Lipinski definition) is 15. The molecule has 2 aromatic rings. The summed E-state index contributed by atoms with van der Waals surface area (Å²) < 4.78 is 4.97. The number of aliphatic carboxylic acids is 1. The maximum atomic E-state index is 15.2. The summed E-state index contributed by atoms with van der Waals surface area (Å²) in [6, 6.07) is 1.76. The lowest BCUT2D eigenvalue weighted by molar-refractivity contribution is -0.148. The highest BCUT2D eigenvalue weighted by Gasteiger charge is 2.47. The number of unbranched alkanes of at least 4 members (excludes halogenated alkanes) is 1. The summed E-state index contributed by atoms with van der Waals surface area (Å²) in [4.78, 5) is 155. The van der Waals surface area contributed by atoms with E-state index in [0.717, 1.165) is 0 Å². The molecule has 2 fully saturated rings. The number of alkyl carbamates (subject to hydrolysis) is 1. The Hall–Kier alpha value is -7.47. The second kappa shape index (κ2) is 38.2. The van der Waals surface area contributed by atoms with Crippen LogP contribution in [-0.4, -0.2) is 201 Å². The van der Waals surface area contributed by atoms with Gasteiger partial charge in [0.05, 0.1) is 12.1 Å². The summed E-state index contributed by atoms with van der Waals surface area (Å²) in [5.41, 5.74) is 12.8. The average Bonchev–Trinajstić information content (AvgIpc) is 3.67. The van der Waals surface area contributed by atoms with Crippen LogP contribution in [0.25, 0.3) is 0 Å². The van der Waals surface area contributed by atoms with E-state index in [4.69, 9.17) is 16.2 Å². The molecule has 0 aromatic heterocycles. The lowest BCUT2D eigenvalue weighted by Crippen LogP contribution is -2.61. The Morgan fingerprint density at radius 1 is 0.697 bits per heavy atom. The number of nitrogens with one attached hydrogen (secondary N) is 8. The van der Waals surface area contributed by atoms with Gasteiger partial charge in [0.2, 0.25) is 53.2 Å². The van der Waals surface area contributed by atoms with Crippen LogP contribution in [0, 0.1) is 5.92 Å². The summed E-state index contributed by atoms with van der Waals surface area (Å²) >= 11 is 8.10. The van der Waals surface area contributed by atoms with Gasteiger partial charge in [-0.2, -0.15) is 25.3 Å². The number of β-amino-alcohol motifs (C(OH)–C–C–N with tert-alkyl or cyclic N) is 1. The molecule has 0 spiro atoms. The Labute approximate surface area is 529 Å². The number of nitrogens with two attached hydrogens (primary N) is 2. The lowest BCUT2D eigenvalue weighted by Gasteiger charge is -2.34. The number of carbonyl (C=O) groups is 11. The van der Waals surface area contributed by atoms with Gasteiger partial charge in [-0.1, -0.05) is 88.7 Å². The third kappa shape index (κ3) is 23.4. The molecule has 0 bridgehead atoms. The summed E-state index contributed by atoms with van der Waals surface area (Å²) in [5, 5.41) is 52.0. The number of carboxylic acids is 1. The van der Waals surface area contributed by atoms with Gasteiger partial charge < -0.3 is 83.9 Å². The van der Waals surface area contributed by atoms with Gasteiger partial charge in [0.1, 0.15) is 66.7 Å². The number of phenols is 1. The smallest absolute Gasteiger partial charge is 0.407 e. The van der Waals surface area contributed by atoms with E-state index in [1.807, 2.05) is 0 Å². The highest BCUT2D eigenvalue weighted by atomic mass is 32.1. The van der Waals surface area contributed by atoms with Gasteiger partial charge in [-0.3, -0.25) is 43.2 Å². The first-order valence-electron chi connectivity index (χ1n) is 30.2. The van der Waals surface area contributed by atoms with Crippen LogP contribution in [0.4, 0.5) is 4.79 Å². The van der Waals surface area contributed by atoms with Crippen molar-refractivity contribution in [3.63, 3.8) is 0 Å². The fourth-order valence-corrected chi connectivity index (χ4v) is 10.6. The molecule has 12 atom stereocenters. The molecule has 0 aliphatic carbocycles. The lowest BCUT2D eigenvalue weighted by atomic mass is 9.97. The average molecular weight is 1280 g/mol. The minimum atomic E-state index is -1.47.